The number of aromatic nitrogens is 3. The summed E-state index contributed by atoms with van der Waals surface area (Å²) >= 11 is 0. The Morgan fingerprint density at radius 3 is 2.53 bits per heavy atom. The summed E-state index contributed by atoms with van der Waals surface area (Å²) in [6.07, 6.45) is 3.21. The van der Waals surface area contributed by atoms with Gasteiger partial charge in [0.2, 0.25) is 5.91 Å². The third kappa shape index (κ3) is 4.75. The topological polar surface area (TPSA) is 76.6 Å². The number of hydrogen-bond acceptors (Lipinski definition) is 6. The fourth-order valence-electron chi connectivity index (χ4n) is 5.36. The second-order valence-electron chi connectivity index (χ2n) is 9.43. The summed E-state index contributed by atoms with van der Waals surface area (Å²) in [7, 11) is 1.63. The van der Waals surface area contributed by atoms with Gasteiger partial charge < -0.3 is 19.0 Å². The van der Waals surface area contributed by atoms with Crippen LogP contribution in [0.3, 0.4) is 0 Å². The standard InChI is InChI=1S/C25H30F3N5O3/c1-16-29-14-22(36-16)19-8-7-17(13-21(19)35-2)31-9-11-32(12-10-31)23(34)15-33-20-6-4-3-5-18(20)24(30-33)25(26,27)28/h13-14H,3-12,15H2,1-2H3. The quantitative estimate of drug-likeness (QED) is 0.613. The van der Waals surface area contributed by atoms with Gasteiger partial charge in [-0.05, 0) is 44.6 Å². The molecule has 2 aromatic rings. The van der Waals surface area contributed by atoms with Crippen LogP contribution in [0.1, 0.15) is 54.3 Å². The van der Waals surface area contributed by atoms with Crippen LogP contribution < -0.4 is 0 Å². The molecule has 0 spiro atoms. The Hall–Kier alpha value is -3.24. The summed E-state index contributed by atoms with van der Waals surface area (Å²) < 4.78 is 53.0. The zero-order chi connectivity index (χ0) is 25.4. The molecule has 0 N–H and O–H groups in total. The molecular formula is C25H30F3N5O3. The predicted molar refractivity (Wildman–Crippen MR) is 125 cm³/mol. The fraction of sp³-hybridized carbons (Fsp3) is 0.560. The van der Waals surface area contributed by atoms with Crippen molar-refractivity contribution in [2.45, 2.75) is 58.2 Å². The molecule has 0 atom stereocenters. The number of methoxy groups -OCH3 is 1. The van der Waals surface area contributed by atoms with Crippen molar-refractivity contribution in [2.75, 3.05) is 33.3 Å². The normalized spacial score (nSPS) is 18.9. The lowest BCUT2D eigenvalue weighted by molar-refractivity contribution is -0.142. The van der Waals surface area contributed by atoms with Crippen molar-refractivity contribution in [1.82, 2.24) is 24.6 Å². The molecule has 194 valence electrons. The van der Waals surface area contributed by atoms with Crippen molar-refractivity contribution in [2.24, 2.45) is 0 Å². The monoisotopic (exact) mass is 505 g/mol. The Morgan fingerprint density at radius 2 is 1.86 bits per heavy atom. The number of hydrogen-bond donors (Lipinski definition) is 0. The highest BCUT2D eigenvalue weighted by Gasteiger charge is 2.40. The van der Waals surface area contributed by atoms with E-state index in [1.807, 2.05) is 6.08 Å². The van der Waals surface area contributed by atoms with Gasteiger partial charge in [0, 0.05) is 55.6 Å². The molecule has 0 unspecified atom stereocenters. The van der Waals surface area contributed by atoms with E-state index < -0.39 is 11.9 Å². The van der Waals surface area contributed by atoms with Gasteiger partial charge in [0.1, 0.15) is 12.3 Å². The van der Waals surface area contributed by atoms with E-state index in [0.29, 0.717) is 62.8 Å². The van der Waals surface area contributed by atoms with Gasteiger partial charge in [-0.2, -0.15) is 18.3 Å². The summed E-state index contributed by atoms with van der Waals surface area (Å²) in [5.74, 6) is 1.87. The molecule has 3 aliphatic rings. The van der Waals surface area contributed by atoms with Gasteiger partial charge >= 0.3 is 6.18 Å². The lowest BCUT2D eigenvalue weighted by atomic mass is 9.95. The molecule has 0 radical (unpaired) electrons. The van der Waals surface area contributed by atoms with Crippen LogP contribution in [-0.2, 0) is 35.1 Å². The number of halogens is 3. The van der Waals surface area contributed by atoms with E-state index >= 15 is 0 Å². The van der Waals surface area contributed by atoms with Crippen LogP contribution in [0.25, 0.3) is 5.57 Å². The molecule has 0 saturated carbocycles. The van der Waals surface area contributed by atoms with E-state index in [0.717, 1.165) is 36.3 Å². The van der Waals surface area contributed by atoms with Gasteiger partial charge in [-0.15, -0.1) is 0 Å². The van der Waals surface area contributed by atoms with E-state index in [9.17, 15) is 18.0 Å². The first-order valence-electron chi connectivity index (χ1n) is 12.3. The Labute approximate surface area is 207 Å². The second-order valence-corrected chi connectivity index (χ2v) is 9.43. The molecule has 2 aromatic heterocycles. The minimum Gasteiger partial charge on any atom is -0.496 e. The maximum atomic E-state index is 13.5. The summed E-state index contributed by atoms with van der Waals surface area (Å²) in [5.41, 5.74) is 2.11. The molecule has 3 heterocycles. The lowest BCUT2D eigenvalue weighted by Gasteiger charge is -2.38. The number of amides is 1. The van der Waals surface area contributed by atoms with Crippen molar-refractivity contribution >= 4 is 11.5 Å². The van der Waals surface area contributed by atoms with Crippen LogP contribution in [-0.4, -0.2) is 63.8 Å². The first kappa shape index (κ1) is 24.5. The Bertz CT molecular complexity index is 1200. The van der Waals surface area contributed by atoms with Gasteiger partial charge in [0.25, 0.3) is 0 Å². The highest BCUT2D eigenvalue weighted by atomic mass is 19.4. The average molecular weight is 506 g/mol. The number of oxazole rings is 1. The molecule has 1 fully saturated rings. The smallest absolute Gasteiger partial charge is 0.435 e. The Balaban J connectivity index is 1.24. The van der Waals surface area contributed by atoms with Crippen LogP contribution in [0, 0.1) is 6.92 Å². The third-order valence-electron chi connectivity index (χ3n) is 7.21. The van der Waals surface area contributed by atoms with Crippen LogP contribution >= 0.6 is 0 Å². The molecule has 1 saturated heterocycles. The number of ether oxygens (including phenoxy) is 1. The van der Waals surface area contributed by atoms with Gasteiger partial charge in [0.15, 0.2) is 17.3 Å². The van der Waals surface area contributed by atoms with E-state index in [2.05, 4.69) is 15.0 Å². The van der Waals surface area contributed by atoms with Gasteiger partial charge in [-0.1, -0.05) is 0 Å². The number of rotatable bonds is 5. The molecule has 0 bridgehead atoms. The van der Waals surface area contributed by atoms with Crippen molar-refractivity contribution in [3.8, 4) is 0 Å². The van der Waals surface area contributed by atoms with Crippen molar-refractivity contribution < 1.29 is 27.1 Å². The number of carbonyl (C=O) groups is 1. The number of piperazine rings is 1. The van der Waals surface area contributed by atoms with Crippen LogP contribution in [0.5, 0.6) is 0 Å². The van der Waals surface area contributed by atoms with E-state index in [4.69, 9.17) is 9.15 Å². The molecule has 11 heteroatoms. The lowest BCUT2D eigenvalue weighted by Crippen LogP contribution is -2.49. The SMILES string of the molecule is COC1=C(c2cnc(C)o2)CCC(N2CCN(C(=O)Cn3nc(C(F)(F)F)c4c3CCCC4)CC2)=C1. The number of aryl methyl sites for hydroxylation is 1. The largest absolute Gasteiger partial charge is 0.496 e. The van der Waals surface area contributed by atoms with Crippen molar-refractivity contribution in [1.29, 1.82) is 0 Å². The molecule has 8 nitrogen and oxygen atoms in total. The summed E-state index contributed by atoms with van der Waals surface area (Å²) in [5, 5.41) is 3.83. The summed E-state index contributed by atoms with van der Waals surface area (Å²) in [6, 6.07) is 0. The first-order valence-corrected chi connectivity index (χ1v) is 12.3. The molecular weight excluding hydrogens is 475 g/mol. The van der Waals surface area contributed by atoms with E-state index in [-0.39, 0.29) is 18.0 Å². The zero-order valence-electron chi connectivity index (χ0n) is 20.5. The Morgan fingerprint density at radius 1 is 1.11 bits per heavy atom. The van der Waals surface area contributed by atoms with Crippen molar-refractivity contribution in [3.05, 3.63) is 52.3 Å². The molecule has 2 aliphatic carbocycles. The second kappa shape index (κ2) is 9.67. The minimum atomic E-state index is -4.50. The maximum Gasteiger partial charge on any atom is 0.435 e. The van der Waals surface area contributed by atoms with Crippen LogP contribution in [0.4, 0.5) is 13.2 Å². The molecule has 36 heavy (non-hydrogen) atoms. The average Bonchev–Trinajstić information content (AvgIpc) is 3.47. The van der Waals surface area contributed by atoms with Crippen LogP contribution in [0.15, 0.2) is 28.1 Å². The molecule has 0 aromatic carbocycles. The van der Waals surface area contributed by atoms with E-state index in [1.54, 1.807) is 25.1 Å². The number of allylic oxidation sites excluding steroid dienone is 3. The number of carbonyl (C=O) groups excluding carboxylic acids is 1. The first-order chi connectivity index (χ1) is 17.2. The fourth-order valence-corrected chi connectivity index (χ4v) is 5.36. The highest BCUT2D eigenvalue weighted by molar-refractivity contribution is 5.76. The van der Waals surface area contributed by atoms with Gasteiger partial charge in [-0.3, -0.25) is 9.48 Å². The highest BCUT2D eigenvalue weighted by Crippen LogP contribution is 2.36. The Kier molecular flexibility index (Phi) is 6.57. The molecule has 1 aliphatic heterocycles. The number of alkyl halides is 3. The predicted octanol–water partition coefficient (Wildman–Crippen LogP) is 3.96. The maximum absolute atomic E-state index is 13.5. The number of nitrogens with zero attached hydrogens (tertiary/aromatic N) is 5. The molecule has 5 rings (SSSR count). The summed E-state index contributed by atoms with van der Waals surface area (Å²) in [4.78, 5) is 21.1. The number of fused-ring (bicyclic) bond motifs is 1. The molecule has 1 amide bonds. The zero-order valence-corrected chi connectivity index (χ0v) is 20.5. The van der Waals surface area contributed by atoms with Gasteiger partial charge in [-0.25, -0.2) is 4.98 Å². The van der Waals surface area contributed by atoms with Crippen LogP contribution in [0.2, 0.25) is 0 Å². The minimum absolute atomic E-state index is 0.155. The summed E-state index contributed by atoms with van der Waals surface area (Å²) in [6.45, 7) is 3.96. The van der Waals surface area contributed by atoms with E-state index in [1.165, 1.54) is 4.68 Å². The van der Waals surface area contributed by atoms with Crippen molar-refractivity contribution in [3.63, 3.8) is 0 Å². The third-order valence-corrected chi connectivity index (χ3v) is 7.21. The van der Waals surface area contributed by atoms with Gasteiger partial charge in [0.05, 0.1) is 13.3 Å².